The Hall–Kier alpha value is -2.65. The summed E-state index contributed by atoms with van der Waals surface area (Å²) in [6, 6.07) is 27.6. The molecule has 0 aliphatic rings. The molecule has 134 valence electrons. The molecule has 0 bridgehead atoms. The van der Waals surface area contributed by atoms with Gasteiger partial charge in [-0.2, -0.15) is 0 Å². The Balaban J connectivity index is 1.84. The van der Waals surface area contributed by atoms with Crippen LogP contribution in [0.15, 0.2) is 78.9 Å². The predicted molar refractivity (Wildman–Crippen MR) is 108 cm³/mol. The number of para-hydroxylation sites is 1. The zero-order valence-corrected chi connectivity index (χ0v) is 15.2. The fourth-order valence-electron chi connectivity index (χ4n) is 2.95. The Morgan fingerprint density at radius 1 is 0.731 bits per heavy atom. The Morgan fingerprint density at radius 3 is 1.92 bits per heavy atom. The van der Waals surface area contributed by atoms with Gasteiger partial charge in [-0.3, -0.25) is 0 Å². The molecule has 3 aromatic carbocycles. The minimum Gasteiger partial charge on any atom is -0.314 e. The average molecular weight is 348 g/mol. The summed E-state index contributed by atoms with van der Waals surface area (Å²) in [6.45, 7) is 3.00. The van der Waals surface area contributed by atoms with E-state index in [2.05, 4.69) is 89.9 Å². The number of hydrogen-bond donors (Lipinski definition) is 1. The molecule has 0 saturated carbocycles. The van der Waals surface area contributed by atoms with Crippen molar-refractivity contribution in [2.45, 2.75) is 13.3 Å². The maximum absolute atomic E-state index is 12.1. The number of nitrogens with one attached hydrogen (secondary N) is 1. The van der Waals surface area contributed by atoms with Crippen molar-refractivity contribution in [2.24, 2.45) is 0 Å². The van der Waals surface area contributed by atoms with E-state index >= 15 is 0 Å². The highest BCUT2D eigenvalue weighted by Crippen LogP contribution is 2.34. The Kier molecular flexibility index (Phi) is 6.39. The van der Waals surface area contributed by atoms with Crippen LogP contribution in [0.4, 0.5) is 21.5 Å². The summed E-state index contributed by atoms with van der Waals surface area (Å²) >= 11 is 0. The van der Waals surface area contributed by atoms with Crippen molar-refractivity contribution in [1.29, 1.82) is 0 Å². The molecule has 3 heteroatoms. The fourth-order valence-corrected chi connectivity index (χ4v) is 2.95. The predicted octanol–water partition coefficient (Wildman–Crippen LogP) is 5.57. The summed E-state index contributed by atoms with van der Waals surface area (Å²) in [7, 11) is 0. The van der Waals surface area contributed by atoms with Gasteiger partial charge in [0.25, 0.3) is 0 Å². The summed E-state index contributed by atoms with van der Waals surface area (Å²) in [5.41, 5.74) is 5.89. The van der Waals surface area contributed by atoms with Gasteiger partial charge in [0, 0.05) is 23.6 Å². The summed E-state index contributed by atoms with van der Waals surface area (Å²) in [4.78, 5) is 2.25. The minimum atomic E-state index is -0.318. The lowest BCUT2D eigenvalue weighted by Crippen LogP contribution is -2.19. The highest BCUT2D eigenvalue weighted by Gasteiger charge is 2.11. The fraction of sp³-hybridized carbons (Fsp3) is 0.217. The molecular weight excluding hydrogens is 323 g/mol. The highest BCUT2D eigenvalue weighted by atomic mass is 19.1. The molecule has 0 heterocycles. The smallest absolute Gasteiger partial charge is 0.102 e. The Bertz CT molecular complexity index is 783. The van der Waals surface area contributed by atoms with E-state index < -0.39 is 0 Å². The van der Waals surface area contributed by atoms with Gasteiger partial charge in [0.1, 0.15) is 6.67 Å². The van der Waals surface area contributed by atoms with Crippen LogP contribution >= 0.6 is 0 Å². The molecule has 0 aromatic heterocycles. The first-order valence-corrected chi connectivity index (χ1v) is 9.05. The molecule has 0 aliphatic carbocycles. The van der Waals surface area contributed by atoms with Crippen molar-refractivity contribution in [3.8, 4) is 0 Å². The lowest BCUT2D eigenvalue weighted by Gasteiger charge is -2.25. The van der Waals surface area contributed by atoms with E-state index in [1.165, 1.54) is 11.1 Å². The molecule has 0 atom stereocenters. The van der Waals surface area contributed by atoms with Gasteiger partial charge in [0.05, 0.1) is 0 Å². The van der Waals surface area contributed by atoms with Gasteiger partial charge in [0.2, 0.25) is 0 Å². The molecule has 26 heavy (non-hydrogen) atoms. The van der Waals surface area contributed by atoms with Gasteiger partial charge in [-0.25, -0.2) is 4.39 Å². The quantitative estimate of drug-likeness (QED) is 0.536. The lowest BCUT2D eigenvalue weighted by molar-refractivity contribution is 0.468. The van der Waals surface area contributed by atoms with Crippen LogP contribution < -0.4 is 10.2 Å². The molecule has 0 amide bonds. The van der Waals surface area contributed by atoms with Gasteiger partial charge in [-0.1, -0.05) is 48.0 Å². The maximum Gasteiger partial charge on any atom is 0.102 e. The van der Waals surface area contributed by atoms with Crippen molar-refractivity contribution >= 4 is 17.1 Å². The van der Waals surface area contributed by atoms with Crippen LogP contribution in [0.1, 0.15) is 11.1 Å². The molecule has 3 rings (SSSR count). The van der Waals surface area contributed by atoms with E-state index in [0.29, 0.717) is 6.54 Å². The van der Waals surface area contributed by atoms with E-state index in [-0.39, 0.29) is 6.67 Å². The summed E-state index contributed by atoms with van der Waals surface area (Å²) in [6.07, 6.45) is 0.899. The summed E-state index contributed by atoms with van der Waals surface area (Å²) < 4.78 is 12.1. The van der Waals surface area contributed by atoms with Gasteiger partial charge in [-0.05, 0) is 61.9 Å². The molecule has 0 aliphatic heterocycles. The molecule has 0 spiro atoms. The molecule has 0 radical (unpaired) electrons. The third-order valence-electron chi connectivity index (χ3n) is 4.36. The van der Waals surface area contributed by atoms with E-state index in [9.17, 15) is 4.39 Å². The van der Waals surface area contributed by atoms with E-state index in [4.69, 9.17) is 0 Å². The molecular formula is C23H25FN2. The van der Waals surface area contributed by atoms with Gasteiger partial charge < -0.3 is 10.2 Å². The number of rotatable bonds is 8. The van der Waals surface area contributed by atoms with Gasteiger partial charge in [-0.15, -0.1) is 0 Å². The number of halogens is 1. The van der Waals surface area contributed by atoms with Crippen molar-refractivity contribution in [2.75, 3.05) is 24.7 Å². The Labute approximate surface area is 155 Å². The van der Waals surface area contributed by atoms with Crippen LogP contribution in [-0.4, -0.2) is 19.8 Å². The number of alkyl halides is 1. The molecule has 0 fully saturated rings. The standard InChI is InChI=1S/C23H25FN2/c1-19-7-11-22(12-8-19)26(21-5-3-2-4-6-21)23-13-9-20(10-14-23)15-17-25-18-16-24/h2-14,25H,15-18H2,1H3. The van der Waals surface area contributed by atoms with Crippen molar-refractivity contribution in [3.63, 3.8) is 0 Å². The van der Waals surface area contributed by atoms with Crippen LogP contribution in [0.25, 0.3) is 0 Å². The van der Waals surface area contributed by atoms with Gasteiger partial charge in [0.15, 0.2) is 0 Å². The largest absolute Gasteiger partial charge is 0.314 e. The average Bonchev–Trinajstić information content (AvgIpc) is 2.69. The van der Waals surface area contributed by atoms with E-state index in [0.717, 1.165) is 30.0 Å². The highest BCUT2D eigenvalue weighted by molar-refractivity contribution is 5.76. The third-order valence-corrected chi connectivity index (χ3v) is 4.36. The first-order chi connectivity index (χ1) is 12.8. The van der Waals surface area contributed by atoms with Crippen LogP contribution in [0.3, 0.4) is 0 Å². The SMILES string of the molecule is Cc1ccc(N(c2ccccc2)c2ccc(CCNCCF)cc2)cc1. The lowest BCUT2D eigenvalue weighted by atomic mass is 10.1. The number of hydrogen-bond acceptors (Lipinski definition) is 2. The molecule has 1 N–H and O–H groups in total. The summed E-state index contributed by atoms with van der Waals surface area (Å²) in [5, 5.41) is 3.09. The molecule has 0 unspecified atom stereocenters. The second-order valence-corrected chi connectivity index (χ2v) is 6.36. The monoisotopic (exact) mass is 348 g/mol. The number of benzene rings is 3. The minimum absolute atomic E-state index is 0.318. The zero-order valence-electron chi connectivity index (χ0n) is 15.2. The number of aryl methyl sites for hydroxylation is 1. The van der Waals surface area contributed by atoms with Gasteiger partial charge >= 0.3 is 0 Å². The van der Waals surface area contributed by atoms with Crippen molar-refractivity contribution in [1.82, 2.24) is 5.32 Å². The first-order valence-electron chi connectivity index (χ1n) is 9.05. The second-order valence-electron chi connectivity index (χ2n) is 6.36. The molecule has 0 saturated heterocycles. The zero-order chi connectivity index (χ0) is 18.2. The van der Waals surface area contributed by atoms with E-state index in [1.54, 1.807) is 0 Å². The Morgan fingerprint density at radius 2 is 1.31 bits per heavy atom. The maximum atomic E-state index is 12.1. The van der Waals surface area contributed by atoms with Crippen molar-refractivity contribution in [3.05, 3.63) is 90.0 Å². The molecule has 2 nitrogen and oxygen atoms in total. The normalized spacial score (nSPS) is 10.7. The van der Waals surface area contributed by atoms with Crippen LogP contribution in [0, 0.1) is 6.92 Å². The van der Waals surface area contributed by atoms with E-state index in [1.807, 2.05) is 6.07 Å². The number of nitrogens with zero attached hydrogens (tertiary/aromatic N) is 1. The summed E-state index contributed by atoms with van der Waals surface area (Å²) in [5.74, 6) is 0. The van der Waals surface area contributed by atoms with Crippen LogP contribution in [-0.2, 0) is 6.42 Å². The second kappa shape index (κ2) is 9.16. The first kappa shape index (κ1) is 18.2. The van der Waals surface area contributed by atoms with Crippen molar-refractivity contribution < 1.29 is 4.39 Å². The topological polar surface area (TPSA) is 15.3 Å². The number of anilines is 3. The molecule has 3 aromatic rings. The van der Waals surface area contributed by atoms with Crippen LogP contribution in [0.5, 0.6) is 0 Å². The third kappa shape index (κ3) is 4.70. The van der Waals surface area contributed by atoms with Crippen LogP contribution in [0.2, 0.25) is 0 Å².